The van der Waals surface area contributed by atoms with Gasteiger partial charge in [0, 0.05) is 24.5 Å². The molecule has 25 heavy (non-hydrogen) atoms. The number of aliphatic imine (C=N–C) groups is 1. The first-order valence-electron chi connectivity index (χ1n) is 8.00. The lowest BCUT2D eigenvalue weighted by atomic mass is 10.1. The highest BCUT2D eigenvalue weighted by Crippen LogP contribution is 2.29. The number of halogens is 1. The highest BCUT2D eigenvalue weighted by molar-refractivity contribution is 7.91. The number of nitrogens with zero attached hydrogens (tertiary/aromatic N) is 2. The van der Waals surface area contributed by atoms with Crippen molar-refractivity contribution >= 4 is 16.2 Å². The summed E-state index contributed by atoms with van der Waals surface area (Å²) in [6, 6.07) is 7.75. The van der Waals surface area contributed by atoms with Crippen LogP contribution in [0.25, 0.3) is 11.3 Å². The molecule has 2 atom stereocenters. The Balaban J connectivity index is 2.12. The van der Waals surface area contributed by atoms with Crippen molar-refractivity contribution in [1.82, 2.24) is 9.29 Å². The zero-order valence-corrected chi connectivity index (χ0v) is 14.6. The van der Waals surface area contributed by atoms with Crippen LogP contribution in [0.1, 0.15) is 18.4 Å². The lowest BCUT2D eigenvalue weighted by Gasteiger charge is -2.21. The van der Waals surface area contributed by atoms with Gasteiger partial charge in [0.25, 0.3) is 0 Å². The first-order chi connectivity index (χ1) is 11.9. The van der Waals surface area contributed by atoms with E-state index in [1.165, 1.54) is 18.5 Å². The van der Waals surface area contributed by atoms with Gasteiger partial charge in [-0.15, -0.1) is 0 Å². The van der Waals surface area contributed by atoms with Crippen molar-refractivity contribution < 1.29 is 17.9 Å². The second-order valence-corrected chi connectivity index (χ2v) is 8.01. The zero-order valence-electron chi connectivity index (χ0n) is 13.8. The summed E-state index contributed by atoms with van der Waals surface area (Å²) in [6.07, 6.45) is 2.46. The fourth-order valence-electron chi connectivity index (χ4n) is 2.90. The first-order valence-corrected chi connectivity index (χ1v) is 9.50. The Hall–Kier alpha value is -2.03. The Bertz CT molecular complexity index is 892. The molecule has 0 saturated heterocycles. The number of hydrogen-bond donors (Lipinski definition) is 2. The molecule has 2 aromatic rings. The average molecular weight is 365 g/mol. The minimum absolute atomic E-state index is 0.223. The van der Waals surface area contributed by atoms with Crippen molar-refractivity contribution in [3.63, 3.8) is 0 Å². The molecule has 0 saturated carbocycles. The molecule has 1 aromatic heterocycles. The van der Waals surface area contributed by atoms with Crippen LogP contribution in [0.3, 0.4) is 0 Å². The lowest BCUT2D eigenvalue weighted by molar-refractivity contribution is 0.168. The van der Waals surface area contributed by atoms with Crippen LogP contribution in [0.15, 0.2) is 41.5 Å². The predicted molar refractivity (Wildman–Crippen MR) is 94.4 cm³/mol. The molecule has 0 radical (unpaired) electrons. The molecule has 8 heteroatoms. The van der Waals surface area contributed by atoms with Gasteiger partial charge < -0.3 is 10.4 Å². The van der Waals surface area contributed by atoms with Crippen molar-refractivity contribution in [2.24, 2.45) is 4.99 Å². The number of aliphatic hydroxyl groups is 1. The van der Waals surface area contributed by atoms with Crippen molar-refractivity contribution in [3.8, 4) is 11.3 Å². The Morgan fingerprint density at radius 2 is 2.12 bits per heavy atom. The molecule has 1 aromatic carbocycles. The third-order valence-electron chi connectivity index (χ3n) is 4.16. The summed E-state index contributed by atoms with van der Waals surface area (Å²) in [7, 11) is -2.06. The Labute approximate surface area is 146 Å². The van der Waals surface area contributed by atoms with Gasteiger partial charge in [-0.25, -0.2) is 16.8 Å². The maximum absolute atomic E-state index is 14.2. The van der Waals surface area contributed by atoms with Crippen LogP contribution in [-0.2, 0) is 16.6 Å². The van der Waals surface area contributed by atoms with E-state index in [1.54, 1.807) is 31.3 Å². The lowest BCUT2D eigenvalue weighted by Crippen LogP contribution is -2.33. The molecule has 0 amide bonds. The molecule has 0 aliphatic carbocycles. The molecule has 1 aliphatic rings. The predicted octanol–water partition coefficient (Wildman–Crippen LogP) is 1.74. The van der Waals surface area contributed by atoms with E-state index < -0.39 is 27.3 Å². The number of rotatable bonds is 5. The fourth-order valence-corrected chi connectivity index (χ4v) is 4.56. The third kappa shape index (κ3) is 3.51. The van der Waals surface area contributed by atoms with Gasteiger partial charge in [0.15, 0.2) is 0 Å². The highest BCUT2D eigenvalue weighted by atomic mass is 32.2. The normalized spacial score (nSPS) is 20.8. The van der Waals surface area contributed by atoms with E-state index in [2.05, 4.69) is 10.3 Å². The number of aliphatic hydroxyl groups excluding tert-OH is 1. The third-order valence-corrected chi connectivity index (χ3v) is 6.14. The van der Waals surface area contributed by atoms with Gasteiger partial charge in [-0.05, 0) is 43.7 Å². The summed E-state index contributed by atoms with van der Waals surface area (Å²) in [5, 5.41) is 11.6. The minimum Gasteiger partial charge on any atom is -0.372 e. The minimum atomic E-state index is -3.82. The van der Waals surface area contributed by atoms with E-state index >= 15 is 0 Å². The van der Waals surface area contributed by atoms with Crippen LogP contribution in [0, 0.1) is 5.82 Å². The zero-order chi connectivity index (χ0) is 18.0. The van der Waals surface area contributed by atoms with Crippen LogP contribution in [0.5, 0.6) is 0 Å². The molecule has 1 aliphatic heterocycles. The van der Waals surface area contributed by atoms with E-state index in [9.17, 15) is 17.9 Å². The van der Waals surface area contributed by atoms with Crippen LogP contribution in [-0.4, -0.2) is 42.2 Å². The molecular weight excluding hydrogens is 345 g/mol. The largest absolute Gasteiger partial charge is 0.372 e. The Morgan fingerprint density at radius 3 is 2.76 bits per heavy atom. The standard InChI is InChI=1S/C17H20FN3O3S/c1-19-9-12-8-16(14-4-2-3-5-15(14)18)21(11-12)25(23,24)13-6-7-17(22)20-10-13/h2-5,8,10-11,13,17,19,22H,6-7,9H2,1H3. The summed E-state index contributed by atoms with van der Waals surface area (Å²) < 4.78 is 41.5. The average Bonchev–Trinajstić information content (AvgIpc) is 3.00. The number of hydrogen-bond acceptors (Lipinski definition) is 5. The maximum atomic E-state index is 14.2. The van der Waals surface area contributed by atoms with Crippen LogP contribution in [0.4, 0.5) is 4.39 Å². The molecule has 2 N–H and O–H groups in total. The quantitative estimate of drug-likeness (QED) is 0.845. The van der Waals surface area contributed by atoms with E-state index in [4.69, 9.17) is 0 Å². The van der Waals surface area contributed by atoms with E-state index in [1.807, 2.05) is 0 Å². The molecule has 2 heterocycles. The van der Waals surface area contributed by atoms with Crippen LogP contribution < -0.4 is 5.32 Å². The fraction of sp³-hybridized carbons (Fsp3) is 0.353. The molecule has 0 bridgehead atoms. The molecule has 0 fully saturated rings. The molecule has 6 nitrogen and oxygen atoms in total. The van der Waals surface area contributed by atoms with Gasteiger partial charge in [0.1, 0.15) is 17.3 Å². The maximum Gasteiger partial charge on any atom is 0.247 e. The van der Waals surface area contributed by atoms with E-state index in [0.29, 0.717) is 6.54 Å². The second-order valence-electron chi connectivity index (χ2n) is 5.98. The van der Waals surface area contributed by atoms with Crippen molar-refractivity contribution in [3.05, 3.63) is 47.9 Å². The molecular formula is C17H20FN3O3S. The Morgan fingerprint density at radius 1 is 1.36 bits per heavy atom. The summed E-state index contributed by atoms with van der Waals surface area (Å²) in [6.45, 7) is 0.460. The monoisotopic (exact) mass is 365 g/mol. The summed E-state index contributed by atoms with van der Waals surface area (Å²) in [5.74, 6) is -0.485. The van der Waals surface area contributed by atoms with Crippen molar-refractivity contribution in [1.29, 1.82) is 0 Å². The number of aromatic nitrogens is 1. The molecule has 3 rings (SSSR count). The highest BCUT2D eigenvalue weighted by Gasteiger charge is 2.31. The summed E-state index contributed by atoms with van der Waals surface area (Å²) >= 11 is 0. The van der Waals surface area contributed by atoms with Gasteiger partial charge >= 0.3 is 0 Å². The molecule has 0 spiro atoms. The SMILES string of the molecule is CNCc1cc(-c2ccccc2F)n(S(=O)(=O)C2C=NC(O)CC2)c1. The van der Waals surface area contributed by atoms with Crippen LogP contribution >= 0.6 is 0 Å². The smallest absolute Gasteiger partial charge is 0.247 e. The van der Waals surface area contributed by atoms with E-state index in [0.717, 1.165) is 9.54 Å². The van der Waals surface area contributed by atoms with E-state index in [-0.39, 0.29) is 24.1 Å². The molecule has 134 valence electrons. The van der Waals surface area contributed by atoms with Gasteiger partial charge in [0.2, 0.25) is 10.0 Å². The van der Waals surface area contributed by atoms with Crippen molar-refractivity contribution in [2.45, 2.75) is 30.9 Å². The van der Waals surface area contributed by atoms with Gasteiger partial charge in [-0.2, -0.15) is 0 Å². The summed E-state index contributed by atoms with van der Waals surface area (Å²) in [5.41, 5.74) is 1.24. The van der Waals surface area contributed by atoms with Crippen molar-refractivity contribution in [2.75, 3.05) is 7.05 Å². The topological polar surface area (TPSA) is 83.7 Å². The summed E-state index contributed by atoms with van der Waals surface area (Å²) in [4.78, 5) is 3.82. The molecule has 2 unspecified atom stereocenters. The van der Waals surface area contributed by atoms with Gasteiger partial charge in [0.05, 0.1) is 5.69 Å². The Kier molecular flexibility index (Phi) is 5.03. The number of benzene rings is 1. The van der Waals surface area contributed by atoms with Gasteiger partial charge in [-0.3, -0.25) is 4.99 Å². The van der Waals surface area contributed by atoms with Crippen LogP contribution in [0.2, 0.25) is 0 Å². The van der Waals surface area contributed by atoms with Gasteiger partial charge in [-0.1, -0.05) is 12.1 Å². The first kappa shape index (κ1) is 17.8. The second kappa shape index (κ2) is 7.07. The number of nitrogens with one attached hydrogen (secondary N) is 1.